The van der Waals surface area contributed by atoms with Gasteiger partial charge in [-0.3, -0.25) is 14.4 Å². The predicted octanol–water partition coefficient (Wildman–Crippen LogP) is 19.7. The zero-order chi connectivity index (χ0) is 48.2. The molecule has 0 bridgehead atoms. The van der Waals surface area contributed by atoms with Crippen LogP contribution in [0.5, 0.6) is 0 Å². The summed E-state index contributed by atoms with van der Waals surface area (Å²) in [7, 11) is 0. The fourth-order valence-corrected chi connectivity index (χ4v) is 9.23. The predicted molar refractivity (Wildman–Crippen MR) is 284 cm³/mol. The molecule has 0 amide bonds. The fourth-order valence-electron chi connectivity index (χ4n) is 9.23. The highest BCUT2D eigenvalue weighted by molar-refractivity contribution is 5.71. The number of hydrogen-bond acceptors (Lipinski definition) is 6. The van der Waals surface area contributed by atoms with Gasteiger partial charge in [-0.1, -0.05) is 298 Å². The molecule has 0 rings (SSSR count). The largest absolute Gasteiger partial charge is 0.462 e. The van der Waals surface area contributed by atoms with Gasteiger partial charge in [0.1, 0.15) is 13.2 Å². The van der Waals surface area contributed by atoms with Gasteiger partial charge in [0, 0.05) is 19.3 Å². The lowest BCUT2D eigenvalue weighted by molar-refractivity contribution is -0.167. The number of carbonyl (C=O) groups excluding carboxylic acids is 3. The van der Waals surface area contributed by atoms with Crippen LogP contribution in [0.15, 0.2) is 0 Å². The lowest BCUT2D eigenvalue weighted by Gasteiger charge is -2.18. The molecule has 0 aliphatic heterocycles. The van der Waals surface area contributed by atoms with Gasteiger partial charge in [0.25, 0.3) is 0 Å². The lowest BCUT2D eigenvalue weighted by atomic mass is 10.0. The van der Waals surface area contributed by atoms with Crippen LogP contribution in [-0.2, 0) is 28.6 Å². The van der Waals surface area contributed by atoms with Gasteiger partial charge in [-0.2, -0.15) is 0 Å². The van der Waals surface area contributed by atoms with Crippen LogP contribution in [-0.4, -0.2) is 37.2 Å². The van der Waals surface area contributed by atoms with Crippen molar-refractivity contribution in [3.63, 3.8) is 0 Å². The van der Waals surface area contributed by atoms with Crippen molar-refractivity contribution in [2.24, 2.45) is 11.8 Å². The van der Waals surface area contributed by atoms with E-state index in [9.17, 15) is 14.4 Å². The second kappa shape index (κ2) is 52.8. The highest BCUT2D eigenvalue weighted by Gasteiger charge is 2.19. The molecule has 0 heterocycles. The van der Waals surface area contributed by atoms with Crippen LogP contribution >= 0.6 is 0 Å². The first-order chi connectivity index (χ1) is 32.2. The smallest absolute Gasteiger partial charge is 0.306 e. The molecule has 0 radical (unpaired) electrons. The van der Waals surface area contributed by atoms with E-state index < -0.39 is 6.10 Å². The number of unbranched alkanes of at least 4 members (excludes halogenated alkanes) is 39. The third-order valence-electron chi connectivity index (χ3n) is 13.7. The summed E-state index contributed by atoms with van der Waals surface area (Å²) in [5.41, 5.74) is 0. The maximum Gasteiger partial charge on any atom is 0.306 e. The normalized spacial score (nSPS) is 12.0. The first-order valence-corrected chi connectivity index (χ1v) is 29.7. The minimum atomic E-state index is -0.763. The Morgan fingerprint density at radius 2 is 0.500 bits per heavy atom. The Balaban J connectivity index is 4.27. The van der Waals surface area contributed by atoms with Crippen molar-refractivity contribution in [3.8, 4) is 0 Å². The summed E-state index contributed by atoms with van der Waals surface area (Å²) < 4.78 is 16.9. The maximum atomic E-state index is 12.8. The summed E-state index contributed by atoms with van der Waals surface area (Å²) >= 11 is 0. The van der Waals surface area contributed by atoms with Crippen molar-refractivity contribution in [1.29, 1.82) is 0 Å². The second-order valence-corrected chi connectivity index (χ2v) is 21.6. The van der Waals surface area contributed by atoms with Gasteiger partial charge in [-0.05, 0) is 31.1 Å². The zero-order valence-corrected chi connectivity index (χ0v) is 45.3. The number of carbonyl (C=O) groups is 3. The minimum absolute atomic E-state index is 0.0627. The van der Waals surface area contributed by atoms with E-state index in [2.05, 4.69) is 34.6 Å². The summed E-state index contributed by atoms with van der Waals surface area (Å²) in [6, 6.07) is 0. The number of ether oxygens (including phenoxy) is 3. The van der Waals surface area contributed by atoms with Crippen LogP contribution < -0.4 is 0 Å². The molecule has 1 atom stereocenters. The first-order valence-electron chi connectivity index (χ1n) is 29.7. The quantitative estimate of drug-likeness (QED) is 0.0343. The molecule has 0 aromatic heterocycles. The van der Waals surface area contributed by atoms with Gasteiger partial charge in [0.2, 0.25) is 0 Å². The molecule has 0 N–H and O–H groups in total. The van der Waals surface area contributed by atoms with Crippen molar-refractivity contribution in [3.05, 3.63) is 0 Å². The van der Waals surface area contributed by atoms with Gasteiger partial charge < -0.3 is 14.2 Å². The Morgan fingerprint density at radius 3 is 0.742 bits per heavy atom. The molecule has 0 saturated carbocycles. The summed E-state index contributed by atoms with van der Waals surface area (Å²) in [6.45, 7) is 11.4. The summed E-state index contributed by atoms with van der Waals surface area (Å²) in [4.78, 5) is 38.2. The molecule has 0 unspecified atom stereocenters. The SMILES string of the molecule is CCCCCCCCCCCCCCCCCCCCCC(=O)OC[C@@H](COC(=O)CCCCCCCCCCCCCCC(C)C)OC(=O)CCCCCCCCCCCCCC(C)C. The Bertz CT molecular complexity index is 1010. The van der Waals surface area contributed by atoms with Crippen LogP contribution in [0.2, 0.25) is 0 Å². The highest BCUT2D eigenvalue weighted by Crippen LogP contribution is 2.18. The molecule has 0 aliphatic rings. The van der Waals surface area contributed by atoms with Crippen molar-refractivity contribution >= 4 is 17.9 Å². The van der Waals surface area contributed by atoms with E-state index in [0.29, 0.717) is 19.3 Å². The van der Waals surface area contributed by atoms with Crippen LogP contribution in [0.25, 0.3) is 0 Å². The molecule has 0 saturated heterocycles. The minimum Gasteiger partial charge on any atom is -0.462 e. The fraction of sp³-hybridized carbons (Fsp3) is 0.950. The van der Waals surface area contributed by atoms with Crippen LogP contribution in [0.4, 0.5) is 0 Å². The van der Waals surface area contributed by atoms with E-state index in [0.717, 1.165) is 69.6 Å². The molecular formula is C60H116O6. The van der Waals surface area contributed by atoms with E-state index in [1.54, 1.807) is 0 Å². The van der Waals surface area contributed by atoms with Crippen molar-refractivity contribution in [1.82, 2.24) is 0 Å². The van der Waals surface area contributed by atoms with E-state index in [4.69, 9.17) is 14.2 Å². The third kappa shape index (κ3) is 53.4. The van der Waals surface area contributed by atoms with Crippen molar-refractivity contribution in [2.45, 2.75) is 343 Å². The van der Waals surface area contributed by atoms with E-state index in [1.807, 2.05) is 0 Å². The van der Waals surface area contributed by atoms with Gasteiger partial charge in [0.15, 0.2) is 6.10 Å². The molecule has 66 heavy (non-hydrogen) atoms. The average Bonchev–Trinajstić information content (AvgIpc) is 3.29. The van der Waals surface area contributed by atoms with Crippen LogP contribution in [0.1, 0.15) is 336 Å². The lowest BCUT2D eigenvalue weighted by Crippen LogP contribution is -2.30. The topological polar surface area (TPSA) is 78.9 Å². The van der Waals surface area contributed by atoms with Crippen LogP contribution in [0, 0.1) is 11.8 Å². The second-order valence-electron chi connectivity index (χ2n) is 21.6. The van der Waals surface area contributed by atoms with E-state index in [-0.39, 0.29) is 31.1 Å². The third-order valence-corrected chi connectivity index (χ3v) is 13.7. The van der Waals surface area contributed by atoms with Crippen molar-refractivity contribution < 1.29 is 28.6 Å². The Labute approximate surface area is 412 Å². The molecule has 0 fully saturated rings. The van der Waals surface area contributed by atoms with E-state index >= 15 is 0 Å². The molecule has 392 valence electrons. The molecule has 0 aromatic rings. The Morgan fingerprint density at radius 1 is 0.288 bits per heavy atom. The maximum absolute atomic E-state index is 12.8. The Kier molecular flexibility index (Phi) is 51.5. The average molecular weight is 934 g/mol. The first kappa shape index (κ1) is 64.4. The highest BCUT2D eigenvalue weighted by atomic mass is 16.6. The Hall–Kier alpha value is -1.59. The van der Waals surface area contributed by atoms with Gasteiger partial charge in [-0.15, -0.1) is 0 Å². The molecule has 6 nitrogen and oxygen atoms in total. The molecule has 0 spiro atoms. The summed E-state index contributed by atoms with van der Waals surface area (Å²) in [5.74, 6) is 0.820. The number of hydrogen-bond donors (Lipinski definition) is 0. The van der Waals surface area contributed by atoms with Gasteiger partial charge in [0.05, 0.1) is 0 Å². The molecule has 6 heteroatoms. The molecule has 0 aromatic carbocycles. The monoisotopic (exact) mass is 933 g/mol. The van der Waals surface area contributed by atoms with E-state index in [1.165, 1.54) is 225 Å². The summed E-state index contributed by atoms with van der Waals surface area (Å²) in [6.07, 6.45) is 56.7. The van der Waals surface area contributed by atoms with Crippen molar-refractivity contribution in [2.75, 3.05) is 13.2 Å². The zero-order valence-electron chi connectivity index (χ0n) is 45.3. The number of esters is 3. The molecule has 0 aliphatic carbocycles. The number of rotatable bonds is 54. The van der Waals surface area contributed by atoms with Gasteiger partial charge in [-0.25, -0.2) is 0 Å². The van der Waals surface area contributed by atoms with Crippen LogP contribution in [0.3, 0.4) is 0 Å². The van der Waals surface area contributed by atoms with Gasteiger partial charge >= 0.3 is 17.9 Å². The summed E-state index contributed by atoms with van der Waals surface area (Å²) in [5, 5.41) is 0. The molecular weight excluding hydrogens is 817 g/mol. The standard InChI is InChI=1S/C60H116O6/c1-6-7-8-9-10-11-12-13-14-15-16-17-18-19-25-30-35-40-45-50-58(61)64-53-57(66-60(63)52-47-42-37-32-27-22-24-29-34-39-44-49-56(4)5)54-65-59(62)51-46-41-36-31-26-21-20-23-28-33-38-43-48-55(2)3/h55-57H,6-54H2,1-5H3/t57-/m0/s1.